The summed E-state index contributed by atoms with van der Waals surface area (Å²) in [7, 11) is 4.80. The van der Waals surface area contributed by atoms with E-state index >= 15 is 0 Å². The van der Waals surface area contributed by atoms with Crippen molar-refractivity contribution in [1.29, 1.82) is 0 Å². The van der Waals surface area contributed by atoms with Gasteiger partial charge in [-0.05, 0) is 24.5 Å². The molecule has 0 fully saturated rings. The monoisotopic (exact) mass is 382 g/mol. The zero-order chi connectivity index (χ0) is 19.8. The van der Waals surface area contributed by atoms with Gasteiger partial charge in [0.25, 0.3) is 5.69 Å². The highest BCUT2D eigenvalue weighted by molar-refractivity contribution is 5.74. The third kappa shape index (κ3) is 2.66. The van der Waals surface area contributed by atoms with E-state index in [-0.39, 0.29) is 28.5 Å². The summed E-state index contributed by atoms with van der Waals surface area (Å²) in [5.74, 6) is 1.96. The maximum Gasteiger partial charge on any atom is 0.275 e. The lowest BCUT2D eigenvalue weighted by Crippen LogP contribution is -2.30. The minimum atomic E-state index is -0.324. The van der Waals surface area contributed by atoms with E-state index in [2.05, 4.69) is 17.5 Å². The topological polar surface area (TPSA) is 82.9 Å². The van der Waals surface area contributed by atoms with Crippen LogP contribution in [0, 0.1) is 16.0 Å². The average molecular weight is 382 g/mol. The Balaban J connectivity index is 1.90. The summed E-state index contributed by atoms with van der Waals surface area (Å²) < 4.78 is 16.6. The lowest BCUT2D eigenvalue weighted by Gasteiger charge is -2.38. The second-order valence-corrected chi connectivity index (χ2v) is 6.89. The van der Waals surface area contributed by atoms with Crippen LogP contribution in [0.5, 0.6) is 17.2 Å². The summed E-state index contributed by atoms with van der Waals surface area (Å²) in [6.45, 7) is 0. The second kappa shape index (κ2) is 7.07. The predicted octanol–water partition coefficient (Wildman–Crippen LogP) is 4.45. The van der Waals surface area contributed by atoms with Gasteiger partial charge in [-0.1, -0.05) is 24.3 Å². The standard InChI is InChI=1S/C21H22N2O5/c1-26-16-11-10-15(23(24)25)18-12-6-4-7-13(12)19(22-20(16)18)14-8-5-9-17(27-2)21(14)28-3/h4-6,8-13,19,22H,7H2,1-3H3/t12-,13+,19-/m0/s1. The van der Waals surface area contributed by atoms with Gasteiger partial charge in [-0.3, -0.25) is 10.1 Å². The van der Waals surface area contributed by atoms with Crippen molar-refractivity contribution >= 4 is 11.4 Å². The van der Waals surface area contributed by atoms with Crippen molar-refractivity contribution in [2.24, 2.45) is 5.92 Å². The van der Waals surface area contributed by atoms with Crippen LogP contribution in [-0.4, -0.2) is 26.3 Å². The van der Waals surface area contributed by atoms with E-state index < -0.39 is 0 Å². The summed E-state index contributed by atoms with van der Waals surface area (Å²) >= 11 is 0. The van der Waals surface area contributed by atoms with Gasteiger partial charge in [0, 0.05) is 17.5 Å². The molecule has 0 aromatic heterocycles. The van der Waals surface area contributed by atoms with Gasteiger partial charge in [-0.25, -0.2) is 0 Å². The largest absolute Gasteiger partial charge is 0.495 e. The lowest BCUT2D eigenvalue weighted by atomic mass is 9.76. The summed E-state index contributed by atoms with van der Waals surface area (Å²) in [4.78, 5) is 11.3. The number of fused-ring (bicyclic) bond motifs is 3. The molecule has 7 nitrogen and oxygen atoms in total. The minimum absolute atomic E-state index is 0.0762. The number of nitrogens with one attached hydrogen (secondary N) is 1. The van der Waals surface area contributed by atoms with Gasteiger partial charge >= 0.3 is 0 Å². The number of allylic oxidation sites excluding steroid dienone is 2. The molecule has 1 aliphatic carbocycles. The molecule has 0 saturated carbocycles. The van der Waals surface area contributed by atoms with Gasteiger partial charge in [0.2, 0.25) is 0 Å². The number of anilines is 1. The van der Waals surface area contributed by atoms with Crippen LogP contribution in [0.3, 0.4) is 0 Å². The molecule has 0 bridgehead atoms. The van der Waals surface area contributed by atoms with Gasteiger partial charge in [-0.2, -0.15) is 0 Å². The van der Waals surface area contributed by atoms with Crippen LogP contribution in [0.2, 0.25) is 0 Å². The predicted molar refractivity (Wildman–Crippen MR) is 106 cm³/mol. The van der Waals surface area contributed by atoms with Crippen molar-refractivity contribution < 1.29 is 19.1 Å². The Morgan fingerprint density at radius 1 is 1.07 bits per heavy atom. The number of hydrogen-bond donors (Lipinski definition) is 1. The van der Waals surface area contributed by atoms with Crippen molar-refractivity contribution in [2.45, 2.75) is 18.4 Å². The number of hydrogen-bond acceptors (Lipinski definition) is 6. The molecule has 0 spiro atoms. The quantitative estimate of drug-likeness (QED) is 0.467. The van der Waals surface area contributed by atoms with Gasteiger partial charge in [-0.15, -0.1) is 0 Å². The van der Waals surface area contributed by atoms with Crippen LogP contribution in [0.1, 0.15) is 29.5 Å². The molecule has 0 amide bonds. The van der Waals surface area contributed by atoms with Crippen molar-refractivity contribution in [3.8, 4) is 17.2 Å². The highest BCUT2D eigenvalue weighted by Crippen LogP contribution is 2.56. The highest BCUT2D eigenvalue weighted by Gasteiger charge is 2.43. The smallest absolute Gasteiger partial charge is 0.275 e. The summed E-state index contributed by atoms with van der Waals surface area (Å²) in [5, 5.41) is 15.2. The number of benzene rings is 2. The van der Waals surface area contributed by atoms with Crippen LogP contribution in [0.15, 0.2) is 42.5 Å². The van der Waals surface area contributed by atoms with Gasteiger partial charge in [0.15, 0.2) is 11.5 Å². The number of methoxy groups -OCH3 is 3. The van der Waals surface area contributed by atoms with Crippen LogP contribution in [0.4, 0.5) is 11.4 Å². The van der Waals surface area contributed by atoms with E-state index in [0.29, 0.717) is 28.5 Å². The first-order valence-electron chi connectivity index (χ1n) is 9.10. The van der Waals surface area contributed by atoms with E-state index in [1.54, 1.807) is 27.4 Å². The molecule has 1 heterocycles. The number of para-hydroxylation sites is 1. The Labute approximate surface area is 163 Å². The first-order chi connectivity index (χ1) is 13.6. The number of nitro groups is 1. The number of rotatable bonds is 5. The molecule has 28 heavy (non-hydrogen) atoms. The molecule has 0 radical (unpaired) electrons. The third-order valence-corrected chi connectivity index (χ3v) is 5.64. The van der Waals surface area contributed by atoms with Crippen LogP contribution >= 0.6 is 0 Å². The van der Waals surface area contributed by atoms with Crippen LogP contribution in [-0.2, 0) is 0 Å². The molecular weight excluding hydrogens is 360 g/mol. The fourth-order valence-electron chi connectivity index (χ4n) is 4.46. The number of nitro benzene ring substituents is 1. The minimum Gasteiger partial charge on any atom is -0.495 e. The molecule has 1 N–H and O–H groups in total. The molecule has 3 atom stereocenters. The zero-order valence-electron chi connectivity index (χ0n) is 16.0. The van der Waals surface area contributed by atoms with Gasteiger partial charge in [0.05, 0.1) is 43.5 Å². The van der Waals surface area contributed by atoms with Gasteiger partial charge < -0.3 is 19.5 Å². The lowest BCUT2D eigenvalue weighted by molar-refractivity contribution is -0.385. The van der Waals surface area contributed by atoms with E-state index in [9.17, 15) is 10.1 Å². The van der Waals surface area contributed by atoms with E-state index in [1.807, 2.05) is 18.2 Å². The molecular formula is C21H22N2O5. The second-order valence-electron chi connectivity index (χ2n) is 6.89. The Morgan fingerprint density at radius 2 is 1.86 bits per heavy atom. The Hall–Kier alpha value is -3.22. The highest BCUT2D eigenvalue weighted by atomic mass is 16.6. The molecule has 1 aliphatic heterocycles. The third-order valence-electron chi connectivity index (χ3n) is 5.64. The number of ether oxygens (including phenoxy) is 3. The Kier molecular flexibility index (Phi) is 4.58. The maximum atomic E-state index is 11.7. The summed E-state index contributed by atoms with van der Waals surface area (Å²) in [6.07, 6.45) is 4.97. The molecule has 0 saturated heterocycles. The maximum absolute atomic E-state index is 11.7. The van der Waals surface area contributed by atoms with Crippen LogP contribution < -0.4 is 19.5 Å². The van der Waals surface area contributed by atoms with Crippen molar-refractivity contribution in [2.75, 3.05) is 26.6 Å². The molecule has 2 aromatic carbocycles. The fraction of sp³-hybridized carbons (Fsp3) is 0.333. The fourth-order valence-corrected chi connectivity index (χ4v) is 4.46. The average Bonchev–Trinajstić information content (AvgIpc) is 3.21. The van der Waals surface area contributed by atoms with Crippen molar-refractivity contribution in [3.63, 3.8) is 0 Å². The summed E-state index contributed by atoms with van der Waals surface area (Å²) in [5.41, 5.74) is 2.42. The summed E-state index contributed by atoms with van der Waals surface area (Å²) in [6, 6.07) is 8.85. The molecule has 146 valence electrons. The Bertz CT molecular complexity index is 956. The van der Waals surface area contributed by atoms with E-state index in [4.69, 9.17) is 14.2 Å². The first-order valence-corrected chi connectivity index (χ1v) is 9.10. The molecule has 2 aromatic rings. The van der Waals surface area contributed by atoms with Gasteiger partial charge in [0.1, 0.15) is 5.75 Å². The van der Waals surface area contributed by atoms with E-state index in [0.717, 1.165) is 12.0 Å². The molecule has 0 unspecified atom stereocenters. The molecule has 7 heteroatoms. The zero-order valence-corrected chi connectivity index (χ0v) is 16.0. The first kappa shape index (κ1) is 18.2. The van der Waals surface area contributed by atoms with Crippen molar-refractivity contribution in [1.82, 2.24) is 0 Å². The number of nitrogens with zero attached hydrogens (tertiary/aromatic N) is 1. The van der Waals surface area contributed by atoms with Crippen LogP contribution in [0.25, 0.3) is 0 Å². The normalized spacial score (nSPS) is 22.0. The molecule has 4 rings (SSSR count). The van der Waals surface area contributed by atoms with E-state index in [1.165, 1.54) is 6.07 Å². The molecule has 2 aliphatic rings. The Morgan fingerprint density at radius 3 is 2.54 bits per heavy atom. The van der Waals surface area contributed by atoms with Crippen molar-refractivity contribution in [3.05, 3.63) is 63.7 Å². The SMILES string of the molecule is COc1ccc([N+](=O)[O-])c2c1N[C@H](c1cccc(OC)c1OC)[C@@H]1CC=C[C@H]21.